The molecule has 1 N–H and O–H groups in total. The molecule has 1 aliphatic carbocycles. The van der Waals surface area contributed by atoms with E-state index in [1.807, 2.05) is 25.1 Å². The normalized spacial score (nSPS) is 16.4. The number of rotatable bonds is 1. The zero-order chi connectivity index (χ0) is 13.7. The number of nitrogens with one attached hydrogen (secondary N) is 1. The van der Waals surface area contributed by atoms with Gasteiger partial charge >= 0.3 is 0 Å². The lowest BCUT2D eigenvalue weighted by molar-refractivity contribution is 0.0972. The zero-order valence-corrected chi connectivity index (χ0v) is 11.3. The fourth-order valence-corrected chi connectivity index (χ4v) is 3.15. The standard InChI is InChI=1S/C16H15NO3/c1-9-15-11(3-2-4-12(15)18)16(17-9)10-5-6-13-14(7-10)20-8-19-13/h5-7,17H,2-4,8H2,1H3. The summed E-state index contributed by atoms with van der Waals surface area (Å²) in [6, 6.07) is 5.91. The molecule has 0 amide bonds. The second kappa shape index (κ2) is 4.13. The molecule has 1 aromatic carbocycles. The quantitative estimate of drug-likeness (QED) is 0.864. The third-order valence-electron chi connectivity index (χ3n) is 4.06. The molecule has 4 heteroatoms. The van der Waals surface area contributed by atoms with Crippen LogP contribution in [-0.4, -0.2) is 17.6 Å². The van der Waals surface area contributed by atoms with E-state index < -0.39 is 0 Å². The molecule has 0 bridgehead atoms. The molecule has 4 nitrogen and oxygen atoms in total. The van der Waals surface area contributed by atoms with Crippen LogP contribution in [0.1, 0.15) is 34.5 Å². The largest absolute Gasteiger partial charge is 0.454 e. The smallest absolute Gasteiger partial charge is 0.231 e. The van der Waals surface area contributed by atoms with E-state index in [4.69, 9.17) is 9.47 Å². The molecular weight excluding hydrogens is 254 g/mol. The van der Waals surface area contributed by atoms with Crippen molar-refractivity contribution in [1.29, 1.82) is 0 Å². The van der Waals surface area contributed by atoms with Crippen molar-refractivity contribution in [3.63, 3.8) is 0 Å². The van der Waals surface area contributed by atoms with Crippen LogP contribution in [0.5, 0.6) is 11.5 Å². The second-order valence-corrected chi connectivity index (χ2v) is 5.32. The summed E-state index contributed by atoms with van der Waals surface area (Å²) in [7, 11) is 0. The summed E-state index contributed by atoms with van der Waals surface area (Å²) in [5.74, 6) is 1.81. The van der Waals surface area contributed by atoms with Gasteiger partial charge in [-0.15, -0.1) is 0 Å². The number of carbonyl (C=O) groups is 1. The number of fused-ring (bicyclic) bond motifs is 2. The first-order chi connectivity index (χ1) is 9.74. The summed E-state index contributed by atoms with van der Waals surface area (Å²) in [6.45, 7) is 2.25. The highest BCUT2D eigenvalue weighted by atomic mass is 16.7. The summed E-state index contributed by atoms with van der Waals surface area (Å²) in [6.07, 6.45) is 2.54. The second-order valence-electron chi connectivity index (χ2n) is 5.32. The van der Waals surface area contributed by atoms with Gasteiger partial charge in [0.25, 0.3) is 0 Å². The van der Waals surface area contributed by atoms with E-state index in [-0.39, 0.29) is 12.6 Å². The van der Waals surface area contributed by atoms with Crippen molar-refractivity contribution < 1.29 is 14.3 Å². The molecule has 20 heavy (non-hydrogen) atoms. The maximum atomic E-state index is 12.1. The fraction of sp³-hybridized carbons (Fsp3) is 0.312. The first-order valence-electron chi connectivity index (χ1n) is 6.88. The van der Waals surface area contributed by atoms with Crippen LogP contribution in [0.25, 0.3) is 11.3 Å². The maximum absolute atomic E-state index is 12.1. The molecule has 0 fully saturated rings. The Labute approximate surface area is 116 Å². The van der Waals surface area contributed by atoms with E-state index >= 15 is 0 Å². The first kappa shape index (κ1) is 11.6. The van der Waals surface area contributed by atoms with Gasteiger partial charge < -0.3 is 14.5 Å². The van der Waals surface area contributed by atoms with E-state index in [2.05, 4.69) is 4.98 Å². The number of hydrogen-bond donors (Lipinski definition) is 1. The molecule has 0 saturated heterocycles. The molecule has 0 unspecified atom stereocenters. The number of H-pyrrole nitrogens is 1. The Morgan fingerprint density at radius 1 is 1.15 bits per heavy atom. The topological polar surface area (TPSA) is 51.3 Å². The lowest BCUT2D eigenvalue weighted by atomic mass is 9.90. The maximum Gasteiger partial charge on any atom is 0.231 e. The molecular formula is C16H15NO3. The number of aromatic nitrogens is 1. The van der Waals surface area contributed by atoms with Gasteiger partial charge in [-0.1, -0.05) is 0 Å². The highest BCUT2D eigenvalue weighted by Crippen LogP contribution is 2.39. The lowest BCUT2D eigenvalue weighted by Gasteiger charge is -2.12. The van der Waals surface area contributed by atoms with Gasteiger partial charge in [-0.3, -0.25) is 4.79 Å². The third kappa shape index (κ3) is 1.57. The number of hydrogen-bond acceptors (Lipinski definition) is 3. The highest BCUT2D eigenvalue weighted by Gasteiger charge is 2.25. The van der Waals surface area contributed by atoms with Crippen LogP contribution in [0.15, 0.2) is 18.2 Å². The van der Waals surface area contributed by atoms with Crippen molar-refractivity contribution in [3.8, 4) is 22.8 Å². The number of ketones is 1. The van der Waals surface area contributed by atoms with Crippen LogP contribution in [-0.2, 0) is 6.42 Å². The number of aryl methyl sites for hydroxylation is 1. The first-order valence-corrected chi connectivity index (χ1v) is 6.88. The fourth-order valence-electron chi connectivity index (χ4n) is 3.15. The summed E-state index contributed by atoms with van der Waals surface area (Å²) < 4.78 is 10.8. The molecule has 102 valence electrons. The number of Topliss-reactive ketones (excluding diaryl/α,β-unsaturated/α-hetero) is 1. The SMILES string of the molecule is Cc1[nH]c(-c2ccc3c(c2)OCO3)c2c1C(=O)CCC2. The van der Waals surface area contributed by atoms with Gasteiger partial charge in [-0.2, -0.15) is 0 Å². The molecule has 4 rings (SSSR count). The van der Waals surface area contributed by atoms with Crippen molar-refractivity contribution in [3.05, 3.63) is 35.0 Å². The number of benzene rings is 1. The predicted molar refractivity (Wildman–Crippen MR) is 74.4 cm³/mol. The van der Waals surface area contributed by atoms with Crippen LogP contribution in [0, 0.1) is 6.92 Å². The minimum Gasteiger partial charge on any atom is -0.454 e. The monoisotopic (exact) mass is 269 g/mol. The van der Waals surface area contributed by atoms with Crippen molar-refractivity contribution in [2.75, 3.05) is 6.79 Å². The van der Waals surface area contributed by atoms with Crippen LogP contribution >= 0.6 is 0 Å². The summed E-state index contributed by atoms with van der Waals surface area (Å²) >= 11 is 0. The van der Waals surface area contributed by atoms with Crippen LogP contribution < -0.4 is 9.47 Å². The summed E-state index contributed by atoms with van der Waals surface area (Å²) in [5, 5.41) is 0. The van der Waals surface area contributed by atoms with Crippen molar-refractivity contribution in [2.45, 2.75) is 26.2 Å². The van der Waals surface area contributed by atoms with Gasteiger partial charge in [0.1, 0.15) is 0 Å². The van der Waals surface area contributed by atoms with Gasteiger partial charge in [-0.25, -0.2) is 0 Å². The summed E-state index contributed by atoms with van der Waals surface area (Å²) in [5.41, 5.74) is 5.11. The van der Waals surface area contributed by atoms with Gasteiger partial charge in [-0.05, 0) is 43.5 Å². The molecule has 1 aromatic heterocycles. The molecule has 2 aromatic rings. The van der Waals surface area contributed by atoms with Crippen molar-refractivity contribution in [2.24, 2.45) is 0 Å². The average molecular weight is 269 g/mol. The molecule has 2 aliphatic rings. The van der Waals surface area contributed by atoms with Crippen molar-refractivity contribution in [1.82, 2.24) is 4.98 Å². The number of ether oxygens (including phenoxy) is 2. The predicted octanol–water partition coefficient (Wildman–Crippen LogP) is 3.24. The highest BCUT2D eigenvalue weighted by molar-refractivity contribution is 6.01. The molecule has 0 radical (unpaired) electrons. The molecule has 0 spiro atoms. The number of aromatic amines is 1. The summed E-state index contributed by atoms with van der Waals surface area (Å²) in [4.78, 5) is 15.4. The Morgan fingerprint density at radius 2 is 2.00 bits per heavy atom. The van der Waals surface area contributed by atoms with Gasteiger partial charge in [0, 0.05) is 28.9 Å². The van der Waals surface area contributed by atoms with Gasteiger partial charge in [0.05, 0.1) is 0 Å². The van der Waals surface area contributed by atoms with E-state index in [9.17, 15) is 4.79 Å². The molecule has 0 atom stereocenters. The molecule has 2 heterocycles. The third-order valence-corrected chi connectivity index (χ3v) is 4.06. The Kier molecular flexibility index (Phi) is 2.39. The van der Waals surface area contributed by atoms with E-state index in [1.165, 1.54) is 0 Å². The van der Waals surface area contributed by atoms with E-state index in [0.717, 1.165) is 52.4 Å². The van der Waals surface area contributed by atoms with E-state index in [1.54, 1.807) is 0 Å². The Hall–Kier alpha value is -2.23. The van der Waals surface area contributed by atoms with Gasteiger partial charge in [0.15, 0.2) is 17.3 Å². The molecule has 0 saturated carbocycles. The van der Waals surface area contributed by atoms with E-state index in [0.29, 0.717) is 6.42 Å². The average Bonchev–Trinajstić information content (AvgIpc) is 3.03. The minimum atomic E-state index is 0.256. The Balaban J connectivity index is 1.87. The van der Waals surface area contributed by atoms with Crippen LogP contribution in [0.4, 0.5) is 0 Å². The van der Waals surface area contributed by atoms with Gasteiger partial charge in [0.2, 0.25) is 6.79 Å². The Morgan fingerprint density at radius 3 is 2.90 bits per heavy atom. The van der Waals surface area contributed by atoms with Crippen molar-refractivity contribution >= 4 is 5.78 Å². The lowest BCUT2D eigenvalue weighted by Crippen LogP contribution is -2.09. The zero-order valence-electron chi connectivity index (χ0n) is 11.3. The Bertz CT molecular complexity index is 715. The van der Waals surface area contributed by atoms with Crippen LogP contribution in [0.2, 0.25) is 0 Å². The minimum absolute atomic E-state index is 0.256. The van der Waals surface area contributed by atoms with Crippen LogP contribution in [0.3, 0.4) is 0 Å². The molecule has 1 aliphatic heterocycles. The number of carbonyl (C=O) groups excluding carboxylic acids is 1.